The van der Waals surface area contributed by atoms with Gasteiger partial charge in [-0.3, -0.25) is 4.90 Å². The van der Waals surface area contributed by atoms with Gasteiger partial charge in [-0.1, -0.05) is 43.3 Å². The molecule has 4 heteroatoms. The lowest BCUT2D eigenvalue weighted by molar-refractivity contribution is 0.0473. The minimum Gasteiger partial charge on any atom is -0.493 e. The summed E-state index contributed by atoms with van der Waals surface area (Å²) in [4.78, 5) is 2.45. The third-order valence-corrected chi connectivity index (χ3v) is 6.01. The van der Waals surface area contributed by atoms with E-state index >= 15 is 0 Å². The summed E-state index contributed by atoms with van der Waals surface area (Å²) in [5.41, 5.74) is 1.94. The number of nitrogens with zero attached hydrogens (tertiary/aromatic N) is 1. The number of hydrogen-bond donors (Lipinski definition) is 1. The van der Waals surface area contributed by atoms with Gasteiger partial charge in [-0.2, -0.15) is 0 Å². The number of ether oxygens (including phenoxy) is 2. The Morgan fingerprint density at radius 3 is 2.41 bits per heavy atom. The summed E-state index contributed by atoms with van der Waals surface area (Å²) in [6, 6.07) is 16.7. The third-order valence-electron chi connectivity index (χ3n) is 6.01. The Balaban J connectivity index is 1.91. The lowest BCUT2D eigenvalue weighted by atomic mass is 9.72. The number of aliphatic hydroxyl groups excluding tert-OH is 1. The Kier molecular flexibility index (Phi) is 6.25. The molecule has 1 fully saturated rings. The van der Waals surface area contributed by atoms with Crippen LogP contribution in [0.2, 0.25) is 0 Å². The molecule has 1 N–H and O–H groups in total. The fourth-order valence-electron chi connectivity index (χ4n) is 4.31. The molecule has 1 aliphatic rings. The zero-order valence-electron chi connectivity index (χ0n) is 18.6. The molecule has 1 unspecified atom stereocenters. The molecule has 2 aromatic rings. The fraction of sp³-hybridized carbons (Fsp3) is 0.520. The van der Waals surface area contributed by atoms with E-state index in [4.69, 9.17) is 9.47 Å². The number of benzene rings is 2. The van der Waals surface area contributed by atoms with Crippen LogP contribution in [0, 0.1) is 5.41 Å². The predicted molar refractivity (Wildman–Crippen MR) is 118 cm³/mol. The van der Waals surface area contributed by atoms with Crippen molar-refractivity contribution in [2.75, 3.05) is 20.2 Å². The molecule has 0 aliphatic carbocycles. The highest BCUT2D eigenvalue weighted by molar-refractivity contribution is 5.45. The molecule has 2 aromatic carbocycles. The number of likely N-dealkylation sites (tertiary alicyclic amines) is 1. The average Bonchev–Trinajstić information content (AvgIpc) is 2.99. The molecule has 1 saturated heterocycles. The zero-order valence-corrected chi connectivity index (χ0v) is 18.6. The standard InChI is InChI=1S/C25H35NO3/c1-18(27)25(5)17-26(15-19-10-8-7-9-11-19)16-21(25)20-12-13-22(28-6)23(14-20)29-24(2,3)4/h7-14,18,21,27H,15-17H2,1-6H3/t18-,21+,25?/m1/s1. The van der Waals surface area contributed by atoms with Crippen molar-refractivity contribution in [1.82, 2.24) is 4.90 Å². The molecule has 0 saturated carbocycles. The van der Waals surface area contributed by atoms with Crippen molar-refractivity contribution in [2.45, 2.75) is 58.8 Å². The van der Waals surface area contributed by atoms with E-state index in [1.54, 1.807) is 7.11 Å². The van der Waals surface area contributed by atoms with Gasteiger partial charge in [0.15, 0.2) is 11.5 Å². The van der Waals surface area contributed by atoms with E-state index in [2.05, 4.69) is 48.2 Å². The van der Waals surface area contributed by atoms with Crippen LogP contribution in [0.3, 0.4) is 0 Å². The first-order valence-corrected chi connectivity index (χ1v) is 10.4. The number of aliphatic hydroxyl groups is 1. The first-order chi connectivity index (χ1) is 13.6. The predicted octanol–water partition coefficient (Wildman–Crippen LogP) is 4.86. The van der Waals surface area contributed by atoms with Gasteiger partial charge < -0.3 is 14.6 Å². The van der Waals surface area contributed by atoms with Gasteiger partial charge in [-0.25, -0.2) is 0 Å². The molecule has 158 valence electrons. The summed E-state index contributed by atoms with van der Waals surface area (Å²) in [6.45, 7) is 12.9. The summed E-state index contributed by atoms with van der Waals surface area (Å²) in [7, 11) is 1.67. The van der Waals surface area contributed by atoms with Gasteiger partial charge in [0.25, 0.3) is 0 Å². The Morgan fingerprint density at radius 1 is 1.14 bits per heavy atom. The van der Waals surface area contributed by atoms with Gasteiger partial charge in [0, 0.05) is 31.0 Å². The molecule has 29 heavy (non-hydrogen) atoms. The third kappa shape index (κ3) is 4.93. The van der Waals surface area contributed by atoms with E-state index in [-0.39, 0.29) is 16.9 Å². The van der Waals surface area contributed by atoms with E-state index in [1.165, 1.54) is 11.1 Å². The summed E-state index contributed by atoms with van der Waals surface area (Å²) in [5.74, 6) is 1.70. The maximum atomic E-state index is 10.7. The van der Waals surface area contributed by atoms with E-state index in [9.17, 15) is 5.11 Å². The Morgan fingerprint density at radius 2 is 1.83 bits per heavy atom. The maximum Gasteiger partial charge on any atom is 0.162 e. The van der Waals surface area contributed by atoms with Crippen LogP contribution >= 0.6 is 0 Å². The van der Waals surface area contributed by atoms with Gasteiger partial charge in [-0.15, -0.1) is 0 Å². The molecular formula is C25H35NO3. The lowest BCUT2D eigenvalue weighted by Crippen LogP contribution is -2.37. The van der Waals surface area contributed by atoms with E-state index in [0.29, 0.717) is 0 Å². The van der Waals surface area contributed by atoms with Gasteiger partial charge in [0.05, 0.1) is 13.2 Å². The molecule has 0 bridgehead atoms. The van der Waals surface area contributed by atoms with Crippen molar-refractivity contribution < 1.29 is 14.6 Å². The largest absolute Gasteiger partial charge is 0.493 e. The highest BCUT2D eigenvalue weighted by Gasteiger charge is 2.47. The molecule has 0 radical (unpaired) electrons. The van der Waals surface area contributed by atoms with Gasteiger partial charge in [-0.05, 0) is 51.0 Å². The second kappa shape index (κ2) is 8.37. The molecule has 0 spiro atoms. The van der Waals surface area contributed by atoms with E-state index in [0.717, 1.165) is 31.1 Å². The quantitative estimate of drug-likeness (QED) is 0.756. The van der Waals surface area contributed by atoms with Gasteiger partial charge >= 0.3 is 0 Å². The average molecular weight is 398 g/mol. The molecule has 3 atom stereocenters. The van der Waals surface area contributed by atoms with Crippen LogP contribution in [-0.2, 0) is 6.54 Å². The van der Waals surface area contributed by atoms with Gasteiger partial charge in [0.1, 0.15) is 5.60 Å². The second-order valence-corrected chi connectivity index (χ2v) is 9.51. The molecule has 1 aliphatic heterocycles. The van der Waals surface area contributed by atoms with Crippen LogP contribution in [0.4, 0.5) is 0 Å². The molecule has 3 rings (SSSR count). The monoisotopic (exact) mass is 397 g/mol. The van der Waals surface area contributed by atoms with Crippen LogP contribution in [0.5, 0.6) is 11.5 Å². The maximum absolute atomic E-state index is 10.7. The zero-order chi connectivity index (χ0) is 21.2. The molecule has 0 aromatic heterocycles. The first kappa shape index (κ1) is 21.7. The minimum absolute atomic E-state index is 0.208. The van der Waals surface area contributed by atoms with Crippen molar-refractivity contribution in [1.29, 1.82) is 0 Å². The summed E-state index contributed by atoms with van der Waals surface area (Å²) >= 11 is 0. The van der Waals surface area contributed by atoms with Crippen LogP contribution in [0.1, 0.15) is 51.7 Å². The highest BCUT2D eigenvalue weighted by Crippen LogP contribution is 2.47. The summed E-state index contributed by atoms with van der Waals surface area (Å²) in [6.07, 6.45) is -0.414. The fourth-order valence-corrected chi connectivity index (χ4v) is 4.31. The second-order valence-electron chi connectivity index (χ2n) is 9.51. The van der Waals surface area contributed by atoms with Crippen molar-refractivity contribution in [2.24, 2.45) is 5.41 Å². The van der Waals surface area contributed by atoms with Crippen LogP contribution in [0.25, 0.3) is 0 Å². The van der Waals surface area contributed by atoms with E-state index < -0.39 is 6.10 Å². The molecular weight excluding hydrogens is 362 g/mol. The topological polar surface area (TPSA) is 41.9 Å². The van der Waals surface area contributed by atoms with Crippen LogP contribution < -0.4 is 9.47 Å². The first-order valence-electron chi connectivity index (χ1n) is 10.4. The van der Waals surface area contributed by atoms with Crippen LogP contribution in [-0.4, -0.2) is 41.9 Å². The molecule has 0 amide bonds. The number of hydrogen-bond acceptors (Lipinski definition) is 4. The lowest BCUT2D eigenvalue weighted by Gasteiger charge is -2.34. The van der Waals surface area contributed by atoms with Crippen molar-refractivity contribution >= 4 is 0 Å². The van der Waals surface area contributed by atoms with Crippen molar-refractivity contribution in [3.63, 3.8) is 0 Å². The normalized spacial score (nSPS) is 23.8. The smallest absolute Gasteiger partial charge is 0.162 e. The van der Waals surface area contributed by atoms with E-state index in [1.807, 2.05) is 39.8 Å². The summed E-state index contributed by atoms with van der Waals surface area (Å²) < 4.78 is 11.7. The Bertz CT molecular complexity index is 813. The minimum atomic E-state index is -0.414. The Labute approximate surface area is 175 Å². The van der Waals surface area contributed by atoms with Crippen molar-refractivity contribution in [3.05, 3.63) is 59.7 Å². The van der Waals surface area contributed by atoms with Crippen molar-refractivity contribution in [3.8, 4) is 11.5 Å². The number of methoxy groups -OCH3 is 1. The highest BCUT2D eigenvalue weighted by atomic mass is 16.5. The SMILES string of the molecule is COc1ccc([C@@H]2CN(Cc3ccccc3)CC2(C)[C@@H](C)O)cc1OC(C)(C)C. The number of rotatable bonds is 6. The summed E-state index contributed by atoms with van der Waals surface area (Å²) in [5, 5.41) is 10.7. The molecule has 1 heterocycles. The van der Waals surface area contributed by atoms with Gasteiger partial charge in [0.2, 0.25) is 0 Å². The van der Waals surface area contributed by atoms with Crippen LogP contribution in [0.15, 0.2) is 48.5 Å². The molecule has 4 nitrogen and oxygen atoms in total. The Hall–Kier alpha value is -2.04.